The minimum absolute atomic E-state index is 0.0188. The molecule has 2 aliphatic carbocycles. The number of hydrogen-bond donors (Lipinski definition) is 4. The van der Waals surface area contributed by atoms with Gasteiger partial charge in [0.1, 0.15) is 35.2 Å². The van der Waals surface area contributed by atoms with Crippen LogP contribution in [-0.2, 0) is 25.5 Å². The van der Waals surface area contributed by atoms with Crippen LogP contribution in [0.1, 0.15) is 57.7 Å². The first-order chi connectivity index (χ1) is 27.8. The second kappa shape index (κ2) is 16.1. The summed E-state index contributed by atoms with van der Waals surface area (Å²) in [4.78, 5) is 62.3. The SMILES string of the molecule is C=CC1C[C@]1(NC(=O)[C@@H]1C[C@@H](Oc2cc(-c3ccccc3)nc3cc(OC)ccc23)CN1C(=O)N[C@H](C(=O)N[C@H]1c2ccccc2C[C@H]1O)C(C)(C)C)C(=O)OCC. The van der Waals surface area contributed by atoms with E-state index in [-0.39, 0.29) is 25.5 Å². The maximum Gasteiger partial charge on any atom is 0.332 e. The van der Waals surface area contributed by atoms with Gasteiger partial charge in [-0.3, -0.25) is 9.59 Å². The van der Waals surface area contributed by atoms with Crippen molar-refractivity contribution in [3.05, 3.63) is 103 Å². The Hall–Kier alpha value is -5.95. The molecule has 4 aromatic rings. The highest BCUT2D eigenvalue weighted by molar-refractivity contribution is 5.96. The summed E-state index contributed by atoms with van der Waals surface area (Å²) in [5.74, 6) is -0.827. The number of aromatic nitrogens is 1. The summed E-state index contributed by atoms with van der Waals surface area (Å²) in [6, 6.07) is 21.1. The molecule has 13 heteroatoms. The number of fused-ring (bicyclic) bond motifs is 2. The number of likely N-dealkylation sites (tertiary alicyclic amines) is 1. The minimum atomic E-state index is -1.30. The maximum absolute atomic E-state index is 14.5. The van der Waals surface area contributed by atoms with Gasteiger partial charge in [-0.05, 0) is 42.0 Å². The standard InChI is InChI=1S/C45H51N5O8/c1-7-28-24-45(28,42(54)57-8-2)49-40(52)35-22-30(58-37-23-33(26-14-10-9-11-15-26)46-34-21-29(56-6)18-19-32(34)37)25-50(35)43(55)48-39(44(3,4)5)41(53)47-38-31-17-13-12-16-27(31)20-36(38)51/h7,9-19,21,23,28,30,35-36,38-39,51H,1,8,20,22,24-25H2,2-6H3,(H,47,53)(H,48,55)(H,49,52)/t28?,30-,35+,36-,38+,39-,45-/m1/s1. The summed E-state index contributed by atoms with van der Waals surface area (Å²) in [7, 11) is 1.58. The minimum Gasteiger partial charge on any atom is -0.497 e. The zero-order valence-corrected chi connectivity index (χ0v) is 33.5. The molecule has 3 aromatic carbocycles. The van der Waals surface area contributed by atoms with E-state index in [1.54, 1.807) is 20.1 Å². The number of nitrogens with zero attached hydrogens (tertiary/aromatic N) is 2. The normalized spacial score (nSPS) is 24.0. The number of benzene rings is 3. The fourth-order valence-corrected chi connectivity index (χ4v) is 8.12. The Bertz CT molecular complexity index is 2220. The molecular formula is C45H51N5O8. The van der Waals surface area contributed by atoms with Crippen LogP contribution in [-0.4, -0.2) is 88.9 Å². The van der Waals surface area contributed by atoms with Gasteiger partial charge < -0.3 is 40.2 Å². The number of methoxy groups -OCH3 is 1. The molecule has 0 radical (unpaired) electrons. The van der Waals surface area contributed by atoms with E-state index in [9.17, 15) is 24.3 Å². The maximum atomic E-state index is 14.5. The van der Waals surface area contributed by atoms with E-state index in [1.165, 1.54) is 4.90 Å². The average molecular weight is 790 g/mol. The van der Waals surface area contributed by atoms with Crippen molar-refractivity contribution in [2.75, 3.05) is 20.3 Å². The number of pyridine rings is 1. The molecule has 58 heavy (non-hydrogen) atoms. The number of aliphatic hydroxyl groups excluding tert-OH is 1. The van der Waals surface area contributed by atoms with Gasteiger partial charge in [-0.25, -0.2) is 14.6 Å². The van der Waals surface area contributed by atoms with Crippen LogP contribution in [0.5, 0.6) is 11.5 Å². The van der Waals surface area contributed by atoms with E-state index in [4.69, 9.17) is 19.2 Å². The van der Waals surface area contributed by atoms with E-state index in [2.05, 4.69) is 22.5 Å². The van der Waals surface area contributed by atoms with Crippen LogP contribution in [0.25, 0.3) is 22.2 Å². The van der Waals surface area contributed by atoms with Crippen molar-refractivity contribution < 1.29 is 38.5 Å². The Morgan fingerprint density at radius 2 is 1.79 bits per heavy atom. The molecule has 2 fully saturated rings. The highest BCUT2D eigenvalue weighted by Crippen LogP contribution is 2.46. The lowest BCUT2D eigenvalue weighted by molar-refractivity contribution is -0.149. The lowest BCUT2D eigenvalue weighted by atomic mass is 9.86. The molecule has 0 spiro atoms. The summed E-state index contributed by atoms with van der Waals surface area (Å²) in [6.45, 7) is 11.1. The fraction of sp³-hybridized carbons (Fsp3) is 0.400. The first-order valence-corrected chi connectivity index (χ1v) is 19.7. The number of carbonyl (C=O) groups is 4. The predicted molar refractivity (Wildman–Crippen MR) is 218 cm³/mol. The van der Waals surface area contributed by atoms with Crippen molar-refractivity contribution in [3.8, 4) is 22.8 Å². The van der Waals surface area contributed by atoms with Gasteiger partial charge in [0.05, 0.1) is 43.6 Å². The molecule has 13 nitrogen and oxygen atoms in total. The number of rotatable bonds is 12. The third-order valence-electron chi connectivity index (χ3n) is 11.4. The molecule has 7 atom stereocenters. The van der Waals surface area contributed by atoms with E-state index < -0.39 is 65.1 Å². The van der Waals surface area contributed by atoms with Crippen LogP contribution in [0.15, 0.2) is 91.5 Å². The Morgan fingerprint density at radius 1 is 1.05 bits per heavy atom. The summed E-state index contributed by atoms with van der Waals surface area (Å²) >= 11 is 0. The summed E-state index contributed by atoms with van der Waals surface area (Å²) < 4.78 is 17.6. The Kier molecular flexibility index (Phi) is 11.2. The molecule has 1 saturated heterocycles. The molecule has 1 saturated carbocycles. The highest BCUT2D eigenvalue weighted by Gasteiger charge is 2.62. The number of aliphatic hydroxyl groups is 1. The van der Waals surface area contributed by atoms with Crippen molar-refractivity contribution in [1.82, 2.24) is 25.8 Å². The van der Waals surface area contributed by atoms with Crippen molar-refractivity contribution in [2.24, 2.45) is 11.3 Å². The van der Waals surface area contributed by atoms with Crippen molar-refractivity contribution in [3.63, 3.8) is 0 Å². The van der Waals surface area contributed by atoms with Crippen LogP contribution in [0.4, 0.5) is 4.79 Å². The van der Waals surface area contributed by atoms with Crippen molar-refractivity contribution >= 4 is 34.7 Å². The van der Waals surface area contributed by atoms with Gasteiger partial charge in [-0.2, -0.15) is 0 Å². The quantitative estimate of drug-likeness (QED) is 0.111. The van der Waals surface area contributed by atoms with Gasteiger partial charge in [-0.1, -0.05) is 81.4 Å². The monoisotopic (exact) mass is 789 g/mol. The van der Waals surface area contributed by atoms with Crippen LogP contribution in [0.3, 0.4) is 0 Å². The summed E-state index contributed by atoms with van der Waals surface area (Å²) in [5, 5.41) is 20.4. The first kappa shape index (κ1) is 40.3. The first-order valence-electron chi connectivity index (χ1n) is 19.7. The third-order valence-corrected chi connectivity index (χ3v) is 11.4. The molecule has 2 heterocycles. The van der Waals surface area contributed by atoms with Gasteiger partial charge >= 0.3 is 12.0 Å². The topological polar surface area (TPSA) is 168 Å². The molecule has 1 aromatic heterocycles. The fourth-order valence-electron chi connectivity index (χ4n) is 8.12. The molecule has 4 N–H and O–H groups in total. The molecule has 304 valence electrons. The molecule has 1 aliphatic heterocycles. The smallest absolute Gasteiger partial charge is 0.332 e. The molecule has 7 rings (SSSR count). The second-order valence-corrected chi connectivity index (χ2v) is 16.3. The number of hydrogen-bond acceptors (Lipinski definition) is 9. The number of esters is 1. The summed E-state index contributed by atoms with van der Waals surface area (Å²) in [5.41, 5.74) is 1.85. The average Bonchev–Trinajstić information content (AvgIpc) is 3.61. The number of urea groups is 1. The van der Waals surface area contributed by atoms with E-state index in [0.717, 1.165) is 16.7 Å². The van der Waals surface area contributed by atoms with E-state index in [0.29, 0.717) is 40.9 Å². The van der Waals surface area contributed by atoms with Gasteiger partial charge in [0.15, 0.2) is 0 Å². The van der Waals surface area contributed by atoms with Crippen LogP contribution in [0, 0.1) is 11.3 Å². The van der Waals surface area contributed by atoms with Crippen LogP contribution < -0.4 is 25.4 Å². The molecule has 4 amide bonds. The third kappa shape index (κ3) is 7.95. The van der Waals surface area contributed by atoms with Gasteiger partial charge in [0.25, 0.3) is 0 Å². The highest BCUT2D eigenvalue weighted by atomic mass is 16.5. The number of ether oxygens (including phenoxy) is 3. The number of carbonyl (C=O) groups excluding carboxylic acids is 4. The molecular weight excluding hydrogens is 739 g/mol. The van der Waals surface area contributed by atoms with Gasteiger partial charge in [0.2, 0.25) is 11.8 Å². The summed E-state index contributed by atoms with van der Waals surface area (Å²) in [6.07, 6.45) is 0.891. The number of nitrogens with one attached hydrogen (secondary N) is 3. The largest absolute Gasteiger partial charge is 0.497 e. The van der Waals surface area contributed by atoms with Crippen LogP contribution >= 0.6 is 0 Å². The molecule has 0 bridgehead atoms. The molecule has 1 unspecified atom stereocenters. The Morgan fingerprint density at radius 3 is 2.48 bits per heavy atom. The Balaban J connectivity index is 1.19. The van der Waals surface area contributed by atoms with Crippen molar-refractivity contribution in [1.29, 1.82) is 0 Å². The van der Waals surface area contributed by atoms with Crippen molar-refractivity contribution in [2.45, 2.75) is 82.8 Å². The van der Waals surface area contributed by atoms with Gasteiger partial charge in [0, 0.05) is 41.8 Å². The van der Waals surface area contributed by atoms with E-state index in [1.807, 2.05) is 99.6 Å². The van der Waals surface area contributed by atoms with Crippen LogP contribution in [0.2, 0.25) is 0 Å². The zero-order chi connectivity index (χ0) is 41.4. The number of amides is 4. The zero-order valence-electron chi connectivity index (χ0n) is 33.5. The van der Waals surface area contributed by atoms with Gasteiger partial charge in [-0.15, -0.1) is 6.58 Å². The predicted octanol–water partition coefficient (Wildman–Crippen LogP) is 5.25. The molecule has 3 aliphatic rings. The lowest BCUT2D eigenvalue weighted by Crippen LogP contribution is -2.60. The second-order valence-electron chi connectivity index (χ2n) is 16.3. The lowest BCUT2D eigenvalue weighted by Gasteiger charge is -2.34. The van der Waals surface area contributed by atoms with E-state index >= 15 is 0 Å². The Labute approximate surface area is 338 Å².